The van der Waals surface area contributed by atoms with E-state index in [1.807, 2.05) is 23.2 Å². The molecule has 3 aromatic rings. The molecule has 8 nitrogen and oxygen atoms in total. The fourth-order valence-electron chi connectivity index (χ4n) is 4.65. The van der Waals surface area contributed by atoms with Gasteiger partial charge >= 0.3 is 0 Å². The van der Waals surface area contributed by atoms with Crippen LogP contribution in [0.2, 0.25) is 0 Å². The number of fused-ring (bicyclic) bond motifs is 1. The predicted molar refractivity (Wildman–Crippen MR) is 132 cm³/mol. The van der Waals surface area contributed by atoms with Crippen molar-refractivity contribution in [2.24, 2.45) is 0 Å². The topological polar surface area (TPSA) is 86.5 Å². The normalized spacial score (nSPS) is 14.3. The minimum Gasteiger partial charge on any atom is -0.396 e. The summed E-state index contributed by atoms with van der Waals surface area (Å²) in [5.74, 6) is 0.705. The number of benzene rings is 1. The van der Waals surface area contributed by atoms with Gasteiger partial charge in [-0.25, -0.2) is 4.98 Å². The Kier molecular flexibility index (Phi) is 7.13. The summed E-state index contributed by atoms with van der Waals surface area (Å²) >= 11 is 0. The molecule has 1 saturated heterocycles. The van der Waals surface area contributed by atoms with Crippen LogP contribution in [0.5, 0.6) is 0 Å². The number of anilines is 3. The standard InChI is InChI=1S/C25H34N6O2/c1-4-21(5-2)31-23(10-15-32)16-19-17-26-25(28-24(19)31)27-20-6-8-22(9-7-20)30-13-11-29(12-14-30)18(3)33/h6-9,16-17,21,32H,4-5,10-15H2,1-3H3,(H,26,27,28). The van der Waals surface area contributed by atoms with Crippen molar-refractivity contribution in [2.45, 2.75) is 46.1 Å². The maximum atomic E-state index is 11.5. The summed E-state index contributed by atoms with van der Waals surface area (Å²) in [6, 6.07) is 10.7. The lowest BCUT2D eigenvalue weighted by atomic mass is 10.1. The SMILES string of the molecule is CCC(CC)n1c(CCO)cc2cnc(Nc3ccc(N4CCN(C(C)=O)CC4)cc3)nc21. The number of aliphatic hydroxyl groups excluding tert-OH is 1. The third-order valence-corrected chi connectivity index (χ3v) is 6.54. The highest BCUT2D eigenvalue weighted by Crippen LogP contribution is 2.28. The molecule has 1 fully saturated rings. The van der Waals surface area contributed by atoms with Gasteiger partial charge in [0.25, 0.3) is 0 Å². The van der Waals surface area contributed by atoms with E-state index in [4.69, 9.17) is 4.98 Å². The van der Waals surface area contributed by atoms with E-state index in [9.17, 15) is 9.90 Å². The highest BCUT2D eigenvalue weighted by atomic mass is 16.3. The number of hydrogen-bond acceptors (Lipinski definition) is 6. The Morgan fingerprint density at radius 3 is 2.42 bits per heavy atom. The number of nitrogens with one attached hydrogen (secondary N) is 1. The number of nitrogens with zero attached hydrogens (tertiary/aromatic N) is 5. The van der Waals surface area contributed by atoms with Crippen LogP contribution in [0.4, 0.5) is 17.3 Å². The molecule has 1 amide bonds. The number of hydrogen-bond donors (Lipinski definition) is 2. The van der Waals surface area contributed by atoms with E-state index >= 15 is 0 Å². The van der Waals surface area contributed by atoms with Crippen LogP contribution in [0.1, 0.15) is 45.3 Å². The molecule has 2 N–H and O–H groups in total. The number of amides is 1. The maximum Gasteiger partial charge on any atom is 0.229 e. The lowest BCUT2D eigenvalue weighted by molar-refractivity contribution is -0.129. The second-order valence-corrected chi connectivity index (χ2v) is 8.59. The van der Waals surface area contributed by atoms with E-state index in [1.165, 1.54) is 0 Å². The van der Waals surface area contributed by atoms with E-state index in [2.05, 4.69) is 51.8 Å². The van der Waals surface area contributed by atoms with Crippen LogP contribution in [0.15, 0.2) is 36.5 Å². The first-order chi connectivity index (χ1) is 16.0. The predicted octanol–water partition coefficient (Wildman–Crippen LogP) is 3.74. The van der Waals surface area contributed by atoms with E-state index in [0.29, 0.717) is 18.4 Å². The highest BCUT2D eigenvalue weighted by Gasteiger charge is 2.19. The number of carbonyl (C=O) groups excluding carboxylic acids is 1. The van der Waals surface area contributed by atoms with Gasteiger partial charge in [0.2, 0.25) is 11.9 Å². The van der Waals surface area contributed by atoms with Crippen molar-refractivity contribution in [3.63, 3.8) is 0 Å². The summed E-state index contributed by atoms with van der Waals surface area (Å²) < 4.78 is 2.27. The quantitative estimate of drug-likeness (QED) is 0.544. The molecule has 0 saturated carbocycles. The summed E-state index contributed by atoms with van der Waals surface area (Å²) in [7, 11) is 0. The number of rotatable bonds is 8. The Bertz CT molecular complexity index is 1080. The average molecular weight is 451 g/mol. The minimum atomic E-state index is 0.116. The number of carbonyl (C=O) groups is 1. The largest absolute Gasteiger partial charge is 0.396 e. The monoisotopic (exact) mass is 450 g/mol. The second kappa shape index (κ2) is 10.2. The Hall–Kier alpha value is -3.13. The molecular formula is C25H34N6O2. The molecule has 176 valence electrons. The zero-order valence-electron chi connectivity index (χ0n) is 19.8. The fraction of sp³-hybridized carbons (Fsp3) is 0.480. The van der Waals surface area contributed by atoms with Crippen LogP contribution in [-0.2, 0) is 11.2 Å². The Labute approximate surface area is 195 Å². The van der Waals surface area contributed by atoms with Gasteiger partial charge in [0, 0.05) is 80.8 Å². The van der Waals surface area contributed by atoms with Gasteiger partial charge in [0.05, 0.1) is 0 Å². The molecule has 0 spiro atoms. The van der Waals surface area contributed by atoms with Crippen LogP contribution in [-0.4, -0.2) is 63.2 Å². The van der Waals surface area contributed by atoms with E-state index in [-0.39, 0.29) is 12.5 Å². The second-order valence-electron chi connectivity index (χ2n) is 8.59. The van der Waals surface area contributed by atoms with Crippen LogP contribution in [0.3, 0.4) is 0 Å². The van der Waals surface area contributed by atoms with E-state index in [1.54, 1.807) is 6.92 Å². The molecule has 1 aliphatic heterocycles. The first-order valence-corrected chi connectivity index (χ1v) is 11.9. The van der Waals surface area contributed by atoms with Crippen LogP contribution >= 0.6 is 0 Å². The Balaban J connectivity index is 1.52. The van der Waals surface area contributed by atoms with Gasteiger partial charge in [0.15, 0.2) is 0 Å². The molecule has 0 atom stereocenters. The molecule has 4 rings (SSSR count). The van der Waals surface area contributed by atoms with Crippen LogP contribution in [0, 0.1) is 0 Å². The van der Waals surface area contributed by atoms with Crippen molar-refractivity contribution in [1.29, 1.82) is 0 Å². The number of aliphatic hydroxyl groups is 1. The molecule has 0 unspecified atom stereocenters. The van der Waals surface area contributed by atoms with Crippen molar-refractivity contribution in [3.05, 3.63) is 42.2 Å². The summed E-state index contributed by atoms with van der Waals surface area (Å²) in [4.78, 5) is 25.1. The van der Waals surface area contributed by atoms with E-state index < -0.39 is 0 Å². The van der Waals surface area contributed by atoms with Gasteiger partial charge in [0.1, 0.15) is 5.65 Å². The minimum absolute atomic E-state index is 0.116. The summed E-state index contributed by atoms with van der Waals surface area (Å²) in [6.45, 7) is 9.32. The molecule has 0 bridgehead atoms. The lowest BCUT2D eigenvalue weighted by Gasteiger charge is -2.35. The van der Waals surface area contributed by atoms with Crippen molar-refractivity contribution >= 4 is 34.3 Å². The van der Waals surface area contributed by atoms with Crippen LogP contribution in [0.25, 0.3) is 11.0 Å². The third-order valence-electron chi connectivity index (χ3n) is 6.54. The Morgan fingerprint density at radius 1 is 1.12 bits per heavy atom. The lowest BCUT2D eigenvalue weighted by Crippen LogP contribution is -2.48. The molecule has 1 aliphatic rings. The summed E-state index contributed by atoms with van der Waals surface area (Å²) in [5.41, 5.74) is 4.08. The first-order valence-electron chi connectivity index (χ1n) is 11.9. The molecule has 3 heterocycles. The molecule has 2 aromatic heterocycles. The summed E-state index contributed by atoms with van der Waals surface area (Å²) in [6.07, 6.45) is 4.48. The molecule has 0 aliphatic carbocycles. The number of piperazine rings is 1. The van der Waals surface area contributed by atoms with Crippen molar-refractivity contribution in [1.82, 2.24) is 19.4 Å². The molecule has 8 heteroatoms. The zero-order valence-corrected chi connectivity index (χ0v) is 19.8. The van der Waals surface area contributed by atoms with Crippen molar-refractivity contribution in [3.8, 4) is 0 Å². The van der Waals surface area contributed by atoms with Gasteiger partial charge in [-0.2, -0.15) is 4.98 Å². The van der Waals surface area contributed by atoms with E-state index in [0.717, 1.165) is 67.1 Å². The van der Waals surface area contributed by atoms with Gasteiger partial charge in [-0.15, -0.1) is 0 Å². The van der Waals surface area contributed by atoms with Gasteiger partial charge in [-0.1, -0.05) is 13.8 Å². The maximum absolute atomic E-state index is 11.5. The van der Waals surface area contributed by atoms with Gasteiger partial charge in [-0.3, -0.25) is 4.79 Å². The summed E-state index contributed by atoms with van der Waals surface area (Å²) in [5, 5.41) is 13.8. The first kappa shape index (κ1) is 23.0. The van der Waals surface area contributed by atoms with Gasteiger partial charge < -0.3 is 24.8 Å². The molecule has 33 heavy (non-hydrogen) atoms. The average Bonchev–Trinajstić information content (AvgIpc) is 3.18. The molecule has 0 radical (unpaired) electrons. The zero-order chi connectivity index (χ0) is 23.4. The highest BCUT2D eigenvalue weighted by molar-refractivity contribution is 5.78. The van der Waals surface area contributed by atoms with Crippen LogP contribution < -0.4 is 10.2 Å². The van der Waals surface area contributed by atoms with Crippen molar-refractivity contribution in [2.75, 3.05) is 43.0 Å². The molecule has 1 aromatic carbocycles. The smallest absolute Gasteiger partial charge is 0.229 e. The fourth-order valence-corrected chi connectivity index (χ4v) is 4.65. The number of aromatic nitrogens is 3. The third kappa shape index (κ3) is 4.95. The van der Waals surface area contributed by atoms with Crippen molar-refractivity contribution < 1.29 is 9.90 Å². The molecular weight excluding hydrogens is 416 g/mol. The van der Waals surface area contributed by atoms with Gasteiger partial charge in [-0.05, 0) is 43.2 Å². The Morgan fingerprint density at radius 2 is 1.82 bits per heavy atom.